The van der Waals surface area contributed by atoms with Gasteiger partial charge >= 0.3 is 0 Å². The fourth-order valence-corrected chi connectivity index (χ4v) is 2.31. The summed E-state index contributed by atoms with van der Waals surface area (Å²) in [5.41, 5.74) is 1.50. The summed E-state index contributed by atoms with van der Waals surface area (Å²) in [4.78, 5) is 2.13. The van der Waals surface area contributed by atoms with E-state index in [0.29, 0.717) is 5.56 Å². The monoisotopic (exact) mass is 274 g/mol. The Morgan fingerprint density at radius 2 is 2.06 bits per heavy atom. The first kappa shape index (κ1) is 15.4. The van der Waals surface area contributed by atoms with Crippen molar-refractivity contribution >= 4 is 12.4 Å². The van der Waals surface area contributed by atoms with Gasteiger partial charge in [-0.2, -0.15) is 0 Å². The molecule has 0 spiro atoms. The lowest BCUT2D eigenvalue weighted by Crippen LogP contribution is -2.46. The van der Waals surface area contributed by atoms with E-state index in [1.807, 2.05) is 13.0 Å². The van der Waals surface area contributed by atoms with Gasteiger partial charge in [0.2, 0.25) is 0 Å². The smallest absolute Gasteiger partial charge is 0.128 e. The molecule has 2 rings (SSSR count). The topological polar surface area (TPSA) is 35.5 Å². The molecule has 0 unspecified atom stereocenters. The van der Waals surface area contributed by atoms with Crippen LogP contribution in [0.15, 0.2) is 18.2 Å². The lowest BCUT2D eigenvalue weighted by Gasteiger charge is -2.34. The first-order chi connectivity index (χ1) is 8.22. The molecule has 1 saturated heterocycles. The van der Waals surface area contributed by atoms with Crippen LogP contribution in [0.25, 0.3) is 0 Å². The highest BCUT2D eigenvalue weighted by molar-refractivity contribution is 5.85. The predicted octanol–water partition coefficient (Wildman–Crippen LogP) is 1.49. The zero-order valence-electron chi connectivity index (χ0n) is 10.5. The second-order valence-electron chi connectivity index (χ2n) is 4.51. The SMILES string of the molecule is Cc1ccc([C@H](CO)N2CCNCC2)c(F)c1.Cl. The third kappa shape index (κ3) is 3.42. The maximum Gasteiger partial charge on any atom is 0.128 e. The van der Waals surface area contributed by atoms with Gasteiger partial charge in [-0.15, -0.1) is 12.4 Å². The highest BCUT2D eigenvalue weighted by Gasteiger charge is 2.23. The second kappa shape index (κ2) is 7.04. The third-order valence-corrected chi connectivity index (χ3v) is 3.28. The quantitative estimate of drug-likeness (QED) is 0.877. The molecule has 2 N–H and O–H groups in total. The lowest BCUT2D eigenvalue weighted by atomic mass is 10.0. The molecule has 0 aliphatic carbocycles. The van der Waals surface area contributed by atoms with Crippen molar-refractivity contribution in [2.24, 2.45) is 0 Å². The summed E-state index contributed by atoms with van der Waals surface area (Å²) >= 11 is 0. The summed E-state index contributed by atoms with van der Waals surface area (Å²) in [5.74, 6) is -0.220. The molecule has 1 aliphatic heterocycles. The summed E-state index contributed by atoms with van der Waals surface area (Å²) in [6.07, 6.45) is 0. The Labute approximate surface area is 113 Å². The Hall–Kier alpha value is -0.680. The number of aliphatic hydroxyl groups excluding tert-OH is 1. The van der Waals surface area contributed by atoms with Crippen LogP contribution in [-0.2, 0) is 0 Å². The molecular formula is C13H20ClFN2O. The average molecular weight is 275 g/mol. The molecule has 1 aliphatic rings. The number of benzene rings is 1. The molecule has 1 aromatic carbocycles. The predicted molar refractivity (Wildman–Crippen MR) is 72.7 cm³/mol. The number of halogens is 2. The van der Waals surface area contributed by atoms with Crippen LogP contribution in [0.3, 0.4) is 0 Å². The van der Waals surface area contributed by atoms with Gasteiger partial charge in [0, 0.05) is 31.7 Å². The molecule has 1 aromatic rings. The first-order valence-electron chi connectivity index (χ1n) is 6.04. The van der Waals surface area contributed by atoms with Crippen molar-refractivity contribution in [1.82, 2.24) is 10.2 Å². The van der Waals surface area contributed by atoms with E-state index in [0.717, 1.165) is 31.7 Å². The standard InChI is InChI=1S/C13H19FN2O.ClH/c1-10-2-3-11(12(14)8-10)13(9-17)16-6-4-15-5-7-16;/h2-3,8,13,15,17H,4-7,9H2,1H3;1H/t13-;/m0./s1. The number of hydrogen-bond acceptors (Lipinski definition) is 3. The van der Waals surface area contributed by atoms with E-state index in [-0.39, 0.29) is 30.9 Å². The molecule has 102 valence electrons. The van der Waals surface area contributed by atoms with Crippen LogP contribution >= 0.6 is 12.4 Å². The number of piperazine rings is 1. The van der Waals surface area contributed by atoms with Crippen LogP contribution in [0.5, 0.6) is 0 Å². The molecule has 0 radical (unpaired) electrons. The Kier molecular flexibility index (Phi) is 6.02. The van der Waals surface area contributed by atoms with Crippen molar-refractivity contribution in [2.75, 3.05) is 32.8 Å². The van der Waals surface area contributed by atoms with Gasteiger partial charge in [-0.3, -0.25) is 4.90 Å². The van der Waals surface area contributed by atoms with Gasteiger partial charge < -0.3 is 10.4 Å². The van der Waals surface area contributed by atoms with Gasteiger partial charge in [0.25, 0.3) is 0 Å². The Balaban J connectivity index is 0.00000162. The number of hydrogen-bond donors (Lipinski definition) is 2. The summed E-state index contributed by atoms with van der Waals surface area (Å²) in [5, 5.41) is 12.7. The molecule has 0 amide bonds. The molecule has 1 fully saturated rings. The van der Waals surface area contributed by atoms with Gasteiger partial charge in [0.15, 0.2) is 0 Å². The van der Waals surface area contributed by atoms with Crippen LogP contribution in [-0.4, -0.2) is 42.8 Å². The van der Waals surface area contributed by atoms with E-state index in [1.54, 1.807) is 6.07 Å². The van der Waals surface area contributed by atoms with Gasteiger partial charge in [0.05, 0.1) is 12.6 Å². The largest absolute Gasteiger partial charge is 0.394 e. The van der Waals surface area contributed by atoms with Crippen LogP contribution in [0.4, 0.5) is 4.39 Å². The van der Waals surface area contributed by atoms with E-state index < -0.39 is 0 Å². The molecule has 3 nitrogen and oxygen atoms in total. The Bertz CT molecular complexity index is 383. The molecule has 1 atom stereocenters. The van der Waals surface area contributed by atoms with Gasteiger partial charge in [-0.25, -0.2) is 4.39 Å². The third-order valence-electron chi connectivity index (χ3n) is 3.28. The highest BCUT2D eigenvalue weighted by Crippen LogP contribution is 2.24. The zero-order chi connectivity index (χ0) is 12.3. The Morgan fingerprint density at radius 1 is 1.39 bits per heavy atom. The van der Waals surface area contributed by atoms with E-state index in [9.17, 15) is 9.50 Å². The van der Waals surface area contributed by atoms with Crippen molar-refractivity contribution in [2.45, 2.75) is 13.0 Å². The van der Waals surface area contributed by atoms with Crippen molar-refractivity contribution in [1.29, 1.82) is 0 Å². The number of nitrogens with one attached hydrogen (secondary N) is 1. The molecular weight excluding hydrogens is 255 g/mol. The number of rotatable bonds is 3. The zero-order valence-corrected chi connectivity index (χ0v) is 11.3. The number of nitrogens with zero attached hydrogens (tertiary/aromatic N) is 1. The molecule has 0 saturated carbocycles. The lowest BCUT2D eigenvalue weighted by molar-refractivity contribution is 0.108. The van der Waals surface area contributed by atoms with Gasteiger partial charge in [0.1, 0.15) is 5.82 Å². The van der Waals surface area contributed by atoms with Crippen LogP contribution in [0.2, 0.25) is 0 Å². The van der Waals surface area contributed by atoms with Gasteiger partial charge in [-0.05, 0) is 18.6 Å². The normalized spacial score (nSPS) is 18.2. The number of aliphatic hydroxyl groups is 1. The van der Waals surface area contributed by atoms with E-state index in [2.05, 4.69) is 10.2 Å². The second-order valence-corrected chi connectivity index (χ2v) is 4.51. The fraction of sp³-hybridized carbons (Fsp3) is 0.538. The summed E-state index contributed by atoms with van der Waals surface area (Å²) in [6.45, 7) is 5.30. The average Bonchev–Trinajstić information content (AvgIpc) is 2.34. The summed E-state index contributed by atoms with van der Waals surface area (Å²) in [6, 6.07) is 4.98. The molecule has 18 heavy (non-hydrogen) atoms. The van der Waals surface area contributed by atoms with Crippen molar-refractivity contribution in [3.05, 3.63) is 35.1 Å². The minimum absolute atomic E-state index is 0. The molecule has 0 bridgehead atoms. The highest BCUT2D eigenvalue weighted by atomic mass is 35.5. The van der Waals surface area contributed by atoms with Crippen molar-refractivity contribution in [3.8, 4) is 0 Å². The molecule has 1 heterocycles. The fourth-order valence-electron chi connectivity index (χ4n) is 2.31. The van der Waals surface area contributed by atoms with Crippen LogP contribution < -0.4 is 5.32 Å². The maximum absolute atomic E-state index is 13.9. The summed E-state index contributed by atoms with van der Waals surface area (Å²) in [7, 11) is 0. The van der Waals surface area contributed by atoms with Crippen LogP contribution in [0, 0.1) is 12.7 Å². The minimum atomic E-state index is -0.224. The van der Waals surface area contributed by atoms with E-state index in [1.165, 1.54) is 6.07 Å². The van der Waals surface area contributed by atoms with E-state index >= 15 is 0 Å². The summed E-state index contributed by atoms with van der Waals surface area (Å²) < 4.78 is 13.9. The van der Waals surface area contributed by atoms with E-state index in [4.69, 9.17) is 0 Å². The Morgan fingerprint density at radius 3 is 2.61 bits per heavy atom. The molecule has 5 heteroatoms. The maximum atomic E-state index is 13.9. The van der Waals surface area contributed by atoms with Crippen molar-refractivity contribution < 1.29 is 9.50 Å². The number of aryl methyl sites for hydroxylation is 1. The first-order valence-corrected chi connectivity index (χ1v) is 6.04. The van der Waals surface area contributed by atoms with Crippen LogP contribution in [0.1, 0.15) is 17.2 Å². The van der Waals surface area contributed by atoms with Gasteiger partial charge in [-0.1, -0.05) is 12.1 Å². The van der Waals surface area contributed by atoms with Crippen molar-refractivity contribution in [3.63, 3.8) is 0 Å². The minimum Gasteiger partial charge on any atom is -0.394 e. The molecule has 0 aromatic heterocycles.